The topological polar surface area (TPSA) is 78.9 Å². The van der Waals surface area contributed by atoms with Gasteiger partial charge in [-0.2, -0.15) is 0 Å². The van der Waals surface area contributed by atoms with E-state index in [-0.39, 0.29) is 47.4 Å². The van der Waals surface area contributed by atoms with Gasteiger partial charge in [0, 0.05) is 4.47 Å². The first-order valence-electron chi connectivity index (χ1n) is 7.77. The molecule has 0 bridgehead atoms. The standard InChI is InChI=1S/C18H10BrCl3N2O4S/c1-28-11-6-7(12(19)14(22)15(11)25)5-8-16(26)23-18(29)24(17(8)27)10-4-2-3-9(20)13(10)21/h2-6,25H,1H3,(H,23,26,29)/b8-5+. The van der Waals surface area contributed by atoms with E-state index in [4.69, 9.17) is 51.8 Å². The van der Waals surface area contributed by atoms with Crippen LogP contribution in [0.5, 0.6) is 11.5 Å². The monoisotopic (exact) mass is 534 g/mol. The Balaban J connectivity index is 2.14. The molecule has 0 saturated carbocycles. The molecule has 0 spiro atoms. The zero-order valence-corrected chi connectivity index (χ0v) is 19.1. The molecule has 0 unspecified atom stereocenters. The van der Waals surface area contributed by atoms with Gasteiger partial charge in [0.25, 0.3) is 11.8 Å². The van der Waals surface area contributed by atoms with Crippen molar-refractivity contribution in [2.45, 2.75) is 0 Å². The van der Waals surface area contributed by atoms with Crippen molar-refractivity contribution in [3.8, 4) is 11.5 Å². The van der Waals surface area contributed by atoms with Gasteiger partial charge in [-0.25, -0.2) is 0 Å². The highest BCUT2D eigenvalue weighted by Gasteiger charge is 2.36. The fraction of sp³-hybridized carbons (Fsp3) is 0.0556. The second-order valence-corrected chi connectivity index (χ2v) is 8.02. The van der Waals surface area contributed by atoms with Crippen molar-refractivity contribution in [1.29, 1.82) is 0 Å². The molecule has 3 rings (SSSR count). The van der Waals surface area contributed by atoms with Gasteiger partial charge in [-0.3, -0.25) is 19.8 Å². The third-order valence-electron chi connectivity index (χ3n) is 3.97. The fourth-order valence-electron chi connectivity index (χ4n) is 2.57. The second-order valence-electron chi connectivity index (χ2n) is 5.68. The summed E-state index contributed by atoms with van der Waals surface area (Å²) in [5, 5.41) is 12.6. The van der Waals surface area contributed by atoms with Gasteiger partial charge in [0.15, 0.2) is 16.6 Å². The van der Waals surface area contributed by atoms with E-state index in [1.807, 2.05) is 0 Å². The lowest BCUT2D eigenvalue weighted by molar-refractivity contribution is -0.122. The Labute approximate surface area is 194 Å². The summed E-state index contributed by atoms with van der Waals surface area (Å²) in [6, 6.07) is 6.12. The number of ether oxygens (including phenoxy) is 1. The van der Waals surface area contributed by atoms with Crippen molar-refractivity contribution in [2.75, 3.05) is 12.0 Å². The Bertz CT molecular complexity index is 1110. The van der Waals surface area contributed by atoms with Crippen molar-refractivity contribution >= 4 is 91.6 Å². The van der Waals surface area contributed by atoms with E-state index in [1.54, 1.807) is 18.2 Å². The van der Waals surface area contributed by atoms with Gasteiger partial charge in [0.05, 0.1) is 22.8 Å². The summed E-state index contributed by atoms with van der Waals surface area (Å²) in [7, 11) is 1.34. The lowest BCUT2D eigenvalue weighted by Crippen LogP contribution is -2.54. The maximum atomic E-state index is 13.1. The lowest BCUT2D eigenvalue weighted by Gasteiger charge is -2.29. The molecule has 0 radical (unpaired) electrons. The number of nitrogens with zero attached hydrogens (tertiary/aromatic N) is 1. The van der Waals surface area contributed by atoms with Gasteiger partial charge in [0.2, 0.25) is 0 Å². The van der Waals surface area contributed by atoms with Crippen LogP contribution in [0.3, 0.4) is 0 Å². The number of rotatable bonds is 3. The molecule has 0 atom stereocenters. The van der Waals surface area contributed by atoms with E-state index in [2.05, 4.69) is 21.2 Å². The van der Waals surface area contributed by atoms with Gasteiger partial charge in [-0.1, -0.05) is 40.9 Å². The number of carbonyl (C=O) groups is 2. The first kappa shape index (κ1) is 21.9. The number of halogens is 4. The van der Waals surface area contributed by atoms with Crippen LogP contribution in [-0.2, 0) is 9.59 Å². The molecule has 6 nitrogen and oxygen atoms in total. The molecule has 2 amide bonds. The molecule has 2 N–H and O–H groups in total. The largest absolute Gasteiger partial charge is 0.503 e. The molecule has 1 heterocycles. The summed E-state index contributed by atoms with van der Waals surface area (Å²) in [6.07, 6.45) is 1.29. The molecule has 2 aromatic rings. The Morgan fingerprint density at radius 2 is 1.93 bits per heavy atom. The number of aromatic hydroxyl groups is 1. The number of amides is 2. The highest BCUT2D eigenvalue weighted by molar-refractivity contribution is 9.10. The third-order valence-corrected chi connectivity index (χ3v) is 6.51. The van der Waals surface area contributed by atoms with E-state index in [0.717, 1.165) is 4.90 Å². The summed E-state index contributed by atoms with van der Waals surface area (Å²) in [6.45, 7) is 0. The van der Waals surface area contributed by atoms with Crippen molar-refractivity contribution in [1.82, 2.24) is 5.32 Å². The van der Waals surface area contributed by atoms with Crippen LogP contribution in [-0.4, -0.2) is 29.1 Å². The number of carbonyl (C=O) groups excluding carboxylic acids is 2. The molecule has 1 saturated heterocycles. The molecule has 2 aromatic carbocycles. The molecule has 0 aliphatic carbocycles. The summed E-state index contributed by atoms with van der Waals surface area (Å²) < 4.78 is 5.34. The third kappa shape index (κ3) is 3.95. The zero-order valence-electron chi connectivity index (χ0n) is 14.4. The van der Waals surface area contributed by atoms with E-state index < -0.39 is 11.8 Å². The number of methoxy groups -OCH3 is 1. The fourth-order valence-corrected chi connectivity index (χ4v) is 3.84. The van der Waals surface area contributed by atoms with Gasteiger partial charge >= 0.3 is 0 Å². The van der Waals surface area contributed by atoms with Crippen molar-refractivity contribution in [3.05, 3.63) is 54.9 Å². The van der Waals surface area contributed by atoms with Crippen LogP contribution in [0.4, 0.5) is 5.69 Å². The summed E-state index contributed by atoms with van der Waals surface area (Å²) in [5.74, 6) is -1.63. The number of hydrogen-bond donors (Lipinski definition) is 2. The molecule has 0 aromatic heterocycles. The first-order valence-corrected chi connectivity index (χ1v) is 10.1. The van der Waals surface area contributed by atoms with Gasteiger partial charge < -0.3 is 9.84 Å². The minimum Gasteiger partial charge on any atom is -0.503 e. The molecule has 150 valence electrons. The lowest BCUT2D eigenvalue weighted by atomic mass is 10.1. The van der Waals surface area contributed by atoms with E-state index >= 15 is 0 Å². The van der Waals surface area contributed by atoms with E-state index in [9.17, 15) is 14.7 Å². The van der Waals surface area contributed by atoms with Gasteiger partial charge in [-0.05, 0) is 58.0 Å². The second kappa shape index (κ2) is 8.49. The van der Waals surface area contributed by atoms with Crippen molar-refractivity contribution < 1.29 is 19.4 Å². The van der Waals surface area contributed by atoms with Crippen molar-refractivity contribution in [2.24, 2.45) is 0 Å². The molecule has 11 heteroatoms. The maximum absolute atomic E-state index is 13.1. The van der Waals surface area contributed by atoms with Gasteiger partial charge in [-0.15, -0.1) is 0 Å². The highest BCUT2D eigenvalue weighted by atomic mass is 79.9. The average Bonchev–Trinajstić information content (AvgIpc) is 2.68. The minimum absolute atomic E-state index is 0.0369. The number of phenols is 1. The summed E-state index contributed by atoms with van der Waals surface area (Å²) >= 11 is 26.7. The maximum Gasteiger partial charge on any atom is 0.270 e. The number of phenolic OH excluding ortho intramolecular Hbond substituents is 1. The van der Waals surface area contributed by atoms with Crippen LogP contribution in [0.15, 0.2) is 34.3 Å². The molecular weight excluding hydrogens is 527 g/mol. The quantitative estimate of drug-likeness (QED) is 0.330. The number of thiocarbonyl (C=S) groups is 1. The minimum atomic E-state index is -0.710. The van der Waals surface area contributed by atoms with Crippen LogP contribution < -0.4 is 15.0 Å². The van der Waals surface area contributed by atoms with E-state index in [0.29, 0.717) is 5.56 Å². The van der Waals surface area contributed by atoms with Crippen LogP contribution >= 0.6 is 63.0 Å². The Morgan fingerprint density at radius 3 is 2.59 bits per heavy atom. The number of nitrogens with one attached hydrogen (secondary N) is 1. The Kier molecular flexibility index (Phi) is 6.40. The number of benzene rings is 2. The highest BCUT2D eigenvalue weighted by Crippen LogP contribution is 2.42. The number of hydrogen-bond acceptors (Lipinski definition) is 5. The molecule has 29 heavy (non-hydrogen) atoms. The predicted molar refractivity (Wildman–Crippen MR) is 120 cm³/mol. The summed E-state index contributed by atoms with van der Waals surface area (Å²) in [4.78, 5) is 26.6. The molecule has 1 aliphatic heterocycles. The molecule has 1 aliphatic rings. The Morgan fingerprint density at radius 1 is 1.24 bits per heavy atom. The first-order chi connectivity index (χ1) is 13.7. The SMILES string of the molecule is COc1cc(/C=C2\C(=O)NC(=S)N(c3cccc(Cl)c3Cl)C2=O)c(Br)c(Cl)c1O. The van der Waals surface area contributed by atoms with Crippen LogP contribution in [0.25, 0.3) is 6.08 Å². The van der Waals surface area contributed by atoms with Crippen LogP contribution in [0, 0.1) is 0 Å². The van der Waals surface area contributed by atoms with Crippen LogP contribution in [0.1, 0.15) is 5.56 Å². The predicted octanol–water partition coefficient (Wildman–Crippen LogP) is 4.95. The normalized spacial score (nSPS) is 15.7. The zero-order chi connectivity index (χ0) is 21.5. The van der Waals surface area contributed by atoms with Gasteiger partial charge in [0.1, 0.15) is 10.6 Å². The van der Waals surface area contributed by atoms with Crippen molar-refractivity contribution in [3.63, 3.8) is 0 Å². The number of anilines is 1. The molecule has 1 fully saturated rings. The van der Waals surface area contributed by atoms with E-state index in [1.165, 1.54) is 19.3 Å². The smallest absolute Gasteiger partial charge is 0.270 e. The Hall–Kier alpha value is -1.84. The average molecular weight is 537 g/mol. The summed E-state index contributed by atoms with van der Waals surface area (Å²) in [5.41, 5.74) is 0.313. The van der Waals surface area contributed by atoms with Crippen LogP contribution in [0.2, 0.25) is 15.1 Å². The molecular formula is C18H10BrCl3N2O4S.